The molecule has 6 heteroatoms. The number of hydrogen-bond acceptors (Lipinski definition) is 4. The lowest BCUT2D eigenvalue weighted by atomic mass is 10.3. The molecule has 0 aliphatic carbocycles. The molecule has 0 aliphatic heterocycles. The van der Waals surface area contributed by atoms with Crippen molar-refractivity contribution in [3.8, 4) is 10.7 Å². The maximum absolute atomic E-state index is 12.5. The van der Waals surface area contributed by atoms with E-state index in [0.29, 0.717) is 0 Å². The number of aromatic nitrogens is 3. The zero-order valence-electron chi connectivity index (χ0n) is 12.7. The molecule has 4 aromatic rings. The van der Waals surface area contributed by atoms with Crippen LogP contribution in [0, 0.1) is 0 Å². The maximum atomic E-state index is 12.5. The summed E-state index contributed by atoms with van der Waals surface area (Å²) in [6.07, 6.45) is 1.78. The summed E-state index contributed by atoms with van der Waals surface area (Å²) in [6.45, 7) is 0.197. The number of rotatable bonds is 4. The van der Waals surface area contributed by atoms with Gasteiger partial charge in [-0.15, -0.1) is 11.3 Å². The number of carbonyl (C=O) groups excluding carboxylic acids is 1. The Morgan fingerprint density at radius 1 is 1.08 bits per heavy atom. The summed E-state index contributed by atoms with van der Waals surface area (Å²) in [4.78, 5) is 22.2. The van der Waals surface area contributed by atoms with Gasteiger partial charge in [0.15, 0.2) is 5.82 Å². The highest BCUT2D eigenvalue weighted by molar-refractivity contribution is 7.13. The molecule has 0 saturated carbocycles. The van der Waals surface area contributed by atoms with Crippen molar-refractivity contribution >= 4 is 34.0 Å². The van der Waals surface area contributed by atoms with Crippen molar-refractivity contribution in [3.63, 3.8) is 0 Å². The molecule has 0 bridgehead atoms. The minimum absolute atomic E-state index is 0.0879. The molecule has 0 fully saturated rings. The highest BCUT2D eigenvalue weighted by Gasteiger charge is 2.16. The van der Waals surface area contributed by atoms with Gasteiger partial charge in [0.25, 0.3) is 0 Å². The van der Waals surface area contributed by atoms with E-state index in [9.17, 15) is 4.79 Å². The summed E-state index contributed by atoms with van der Waals surface area (Å²) in [6, 6.07) is 17.3. The molecule has 0 unspecified atom stereocenters. The monoisotopic (exact) mass is 334 g/mol. The van der Waals surface area contributed by atoms with Crippen molar-refractivity contribution in [1.82, 2.24) is 14.5 Å². The first-order valence-electron chi connectivity index (χ1n) is 7.50. The Kier molecular flexibility index (Phi) is 3.80. The van der Waals surface area contributed by atoms with E-state index in [-0.39, 0.29) is 12.5 Å². The molecule has 2 heterocycles. The van der Waals surface area contributed by atoms with Gasteiger partial charge in [-0.3, -0.25) is 9.78 Å². The molecule has 1 amide bonds. The minimum atomic E-state index is -0.0879. The second-order valence-electron chi connectivity index (χ2n) is 5.29. The van der Waals surface area contributed by atoms with Crippen molar-refractivity contribution < 1.29 is 4.79 Å². The van der Waals surface area contributed by atoms with Gasteiger partial charge < -0.3 is 9.88 Å². The number of nitrogens with one attached hydrogen (secondary N) is 1. The Balaban J connectivity index is 1.70. The average molecular weight is 334 g/mol. The van der Waals surface area contributed by atoms with Gasteiger partial charge in [-0.25, -0.2) is 4.98 Å². The van der Waals surface area contributed by atoms with Gasteiger partial charge in [0, 0.05) is 11.9 Å². The lowest BCUT2D eigenvalue weighted by Crippen LogP contribution is -2.19. The van der Waals surface area contributed by atoms with Gasteiger partial charge in [-0.2, -0.15) is 0 Å². The van der Waals surface area contributed by atoms with Crippen LogP contribution in [0.5, 0.6) is 0 Å². The number of benzene rings is 2. The standard InChI is InChI=1S/C18H14N4OS/c23-17(20-13-6-2-1-3-7-13)11-22-15-9-5-4-8-14(15)21-18(22)16-10-19-12-24-16/h1-10,12H,11H2,(H,20,23). The lowest BCUT2D eigenvalue weighted by Gasteiger charge is -2.09. The molecule has 2 aromatic carbocycles. The van der Waals surface area contributed by atoms with Gasteiger partial charge in [-0.05, 0) is 24.3 Å². The van der Waals surface area contributed by atoms with Gasteiger partial charge in [-0.1, -0.05) is 30.3 Å². The molecular formula is C18H14N4OS. The van der Waals surface area contributed by atoms with E-state index in [0.717, 1.165) is 27.4 Å². The van der Waals surface area contributed by atoms with Gasteiger partial charge >= 0.3 is 0 Å². The molecule has 1 N–H and O–H groups in total. The zero-order chi connectivity index (χ0) is 16.4. The number of anilines is 1. The number of amides is 1. The predicted molar refractivity (Wildman–Crippen MR) is 95.9 cm³/mol. The number of thiazole rings is 1. The van der Waals surface area contributed by atoms with Gasteiger partial charge in [0.05, 0.1) is 21.4 Å². The second kappa shape index (κ2) is 6.25. The second-order valence-corrected chi connectivity index (χ2v) is 6.18. The van der Waals surface area contributed by atoms with E-state index < -0.39 is 0 Å². The molecule has 5 nitrogen and oxygen atoms in total. The fourth-order valence-electron chi connectivity index (χ4n) is 2.62. The van der Waals surface area contributed by atoms with Crippen LogP contribution >= 0.6 is 11.3 Å². The summed E-state index contributed by atoms with van der Waals surface area (Å²) >= 11 is 1.51. The Morgan fingerprint density at radius 2 is 1.88 bits per heavy atom. The minimum Gasteiger partial charge on any atom is -0.325 e. The van der Waals surface area contributed by atoms with Crippen LogP contribution < -0.4 is 5.32 Å². The number of imidazole rings is 1. The van der Waals surface area contributed by atoms with Crippen molar-refractivity contribution in [2.24, 2.45) is 0 Å². The zero-order valence-corrected chi connectivity index (χ0v) is 13.5. The van der Waals surface area contributed by atoms with Gasteiger partial charge in [0.2, 0.25) is 5.91 Å². The Morgan fingerprint density at radius 3 is 2.67 bits per heavy atom. The molecular weight excluding hydrogens is 320 g/mol. The first-order valence-corrected chi connectivity index (χ1v) is 8.38. The van der Waals surface area contributed by atoms with Crippen LogP contribution in [-0.4, -0.2) is 20.4 Å². The Bertz CT molecular complexity index is 977. The van der Waals surface area contributed by atoms with Crippen LogP contribution in [0.15, 0.2) is 66.3 Å². The maximum Gasteiger partial charge on any atom is 0.244 e. The van der Waals surface area contributed by atoms with E-state index in [2.05, 4.69) is 15.3 Å². The summed E-state index contributed by atoms with van der Waals surface area (Å²) in [5.74, 6) is 0.678. The largest absolute Gasteiger partial charge is 0.325 e. The molecule has 0 aliphatic rings. The summed E-state index contributed by atoms with van der Waals surface area (Å²) in [5.41, 5.74) is 4.35. The van der Waals surface area contributed by atoms with Crippen LogP contribution in [0.25, 0.3) is 21.7 Å². The number of para-hydroxylation sites is 3. The molecule has 2 aromatic heterocycles. The highest BCUT2D eigenvalue weighted by Crippen LogP contribution is 2.27. The molecule has 0 radical (unpaired) electrons. The molecule has 0 spiro atoms. The van der Waals surface area contributed by atoms with Crippen molar-refractivity contribution in [3.05, 3.63) is 66.3 Å². The fraction of sp³-hybridized carbons (Fsp3) is 0.0556. The third-order valence-electron chi connectivity index (χ3n) is 3.67. The summed E-state index contributed by atoms with van der Waals surface area (Å²) in [7, 11) is 0. The van der Waals surface area contributed by atoms with E-state index in [1.165, 1.54) is 11.3 Å². The molecule has 4 rings (SSSR count). The van der Waals surface area contributed by atoms with Crippen molar-refractivity contribution in [2.75, 3.05) is 5.32 Å². The van der Waals surface area contributed by atoms with Crippen LogP contribution in [0.4, 0.5) is 5.69 Å². The molecule has 118 valence electrons. The lowest BCUT2D eigenvalue weighted by molar-refractivity contribution is -0.116. The van der Waals surface area contributed by atoms with Crippen LogP contribution in [0.3, 0.4) is 0 Å². The topological polar surface area (TPSA) is 59.8 Å². The number of nitrogens with zero attached hydrogens (tertiary/aromatic N) is 3. The average Bonchev–Trinajstić information content (AvgIpc) is 3.24. The Labute approximate surface area is 142 Å². The fourth-order valence-corrected chi connectivity index (χ4v) is 3.23. The Hall–Kier alpha value is -2.99. The van der Waals surface area contributed by atoms with Crippen LogP contribution in [0.1, 0.15) is 0 Å². The third kappa shape index (κ3) is 2.79. The first kappa shape index (κ1) is 14.6. The van der Waals surface area contributed by atoms with Crippen molar-refractivity contribution in [2.45, 2.75) is 6.54 Å². The van der Waals surface area contributed by atoms with Gasteiger partial charge in [0.1, 0.15) is 6.54 Å². The smallest absolute Gasteiger partial charge is 0.244 e. The summed E-state index contributed by atoms with van der Waals surface area (Å²) in [5, 5.41) is 2.92. The molecule has 0 atom stereocenters. The molecule has 24 heavy (non-hydrogen) atoms. The van der Waals surface area contributed by atoms with Crippen LogP contribution in [-0.2, 0) is 11.3 Å². The van der Waals surface area contributed by atoms with Crippen molar-refractivity contribution in [1.29, 1.82) is 0 Å². The van der Waals surface area contributed by atoms with E-state index in [1.54, 1.807) is 11.7 Å². The number of hydrogen-bond donors (Lipinski definition) is 1. The third-order valence-corrected chi connectivity index (χ3v) is 4.44. The van der Waals surface area contributed by atoms with Crippen LogP contribution in [0.2, 0.25) is 0 Å². The van der Waals surface area contributed by atoms with E-state index >= 15 is 0 Å². The highest BCUT2D eigenvalue weighted by atomic mass is 32.1. The first-order chi connectivity index (χ1) is 11.8. The van der Waals surface area contributed by atoms with E-state index in [1.807, 2.05) is 59.2 Å². The summed E-state index contributed by atoms with van der Waals surface area (Å²) < 4.78 is 1.93. The van der Waals surface area contributed by atoms with E-state index in [4.69, 9.17) is 0 Å². The quantitative estimate of drug-likeness (QED) is 0.617. The number of carbonyl (C=O) groups is 1. The number of fused-ring (bicyclic) bond motifs is 1. The SMILES string of the molecule is O=C(Cn1c(-c2cncs2)nc2ccccc21)Nc1ccccc1. The predicted octanol–water partition coefficient (Wildman–Crippen LogP) is 3.80. The normalized spacial score (nSPS) is 10.8. The molecule has 0 saturated heterocycles.